The number of amides is 2. The van der Waals surface area contributed by atoms with E-state index in [1.54, 1.807) is 47.0 Å². The number of aromatic nitrogens is 2. The molecule has 0 N–H and O–H groups in total. The van der Waals surface area contributed by atoms with Gasteiger partial charge in [0, 0.05) is 31.3 Å². The van der Waals surface area contributed by atoms with Crippen molar-refractivity contribution in [2.45, 2.75) is 40.3 Å². The van der Waals surface area contributed by atoms with Gasteiger partial charge in [-0.25, -0.2) is 9.79 Å². The van der Waals surface area contributed by atoms with Crippen molar-refractivity contribution in [2.24, 2.45) is 4.99 Å². The van der Waals surface area contributed by atoms with Crippen LogP contribution in [0, 0.1) is 20.8 Å². The Morgan fingerprint density at radius 1 is 0.857 bits per heavy atom. The maximum Gasteiger partial charge on any atom is 0.330 e. The average Bonchev–Trinajstić information content (AvgIpc) is 3.22. The van der Waals surface area contributed by atoms with Gasteiger partial charge in [-0.1, -0.05) is 29.8 Å². The fourth-order valence-electron chi connectivity index (χ4n) is 5.99. The lowest BCUT2D eigenvalue weighted by molar-refractivity contribution is 0.0647. The van der Waals surface area contributed by atoms with E-state index in [-0.39, 0.29) is 30.3 Å². The lowest BCUT2D eigenvalue weighted by atomic mass is 9.97. The molecule has 0 bridgehead atoms. The summed E-state index contributed by atoms with van der Waals surface area (Å²) < 4.78 is 36.6. The van der Waals surface area contributed by atoms with Crippen molar-refractivity contribution in [3.63, 3.8) is 0 Å². The lowest BCUT2D eigenvalue weighted by Crippen LogP contribution is -2.45. The number of fused-ring (bicyclic) bond motifs is 4. The normalized spacial score (nSPS) is 15.5. The molecule has 0 aliphatic carbocycles. The van der Waals surface area contributed by atoms with Gasteiger partial charge in [0.2, 0.25) is 0 Å². The number of rotatable bonds is 6. The summed E-state index contributed by atoms with van der Waals surface area (Å²) in [5.74, 6) is -0.489. The first kappa shape index (κ1) is 23.8. The summed E-state index contributed by atoms with van der Waals surface area (Å²) >= 11 is 0. The summed E-state index contributed by atoms with van der Waals surface area (Å²) in [6.07, 6.45) is 0.484. The molecule has 0 saturated heterocycles. The van der Waals surface area contributed by atoms with E-state index in [0.717, 1.165) is 27.2 Å². The Kier molecular flexibility index (Phi) is 5.93. The summed E-state index contributed by atoms with van der Waals surface area (Å²) in [5, 5.41) is 0. The molecule has 0 saturated carbocycles. The van der Waals surface area contributed by atoms with Crippen molar-refractivity contribution < 1.29 is 23.2 Å². The molecule has 42 heavy (non-hydrogen) atoms. The van der Waals surface area contributed by atoms with E-state index < -0.39 is 18.9 Å². The highest BCUT2D eigenvalue weighted by Crippen LogP contribution is 2.37. The number of nitrogens with zero attached hydrogens (tertiary/aromatic N) is 4. The van der Waals surface area contributed by atoms with Crippen molar-refractivity contribution in [1.29, 1.82) is 0 Å². The zero-order valence-electron chi connectivity index (χ0n) is 26.9. The van der Waals surface area contributed by atoms with E-state index in [2.05, 4.69) is 0 Å². The third kappa shape index (κ3) is 4.41. The molecule has 3 aromatic carbocycles. The Morgan fingerprint density at radius 3 is 2.17 bits per heavy atom. The molecule has 1 aromatic heterocycles. The van der Waals surface area contributed by atoms with Crippen LogP contribution in [0.1, 0.15) is 47.1 Å². The molecule has 2 aliphatic heterocycles. The molecule has 2 amide bonds. The third-order valence-corrected chi connectivity index (χ3v) is 7.96. The number of ether oxygens (including phenoxy) is 2. The summed E-state index contributed by atoms with van der Waals surface area (Å²) in [6.45, 7) is 6.25. The summed E-state index contributed by atoms with van der Waals surface area (Å²) in [4.78, 5) is 46.5. The first-order valence-electron chi connectivity index (χ1n) is 15.2. The second-order valence-electron chi connectivity index (χ2n) is 10.7. The minimum absolute atomic E-state index is 0.0235. The highest BCUT2D eigenvalue weighted by atomic mass is 16.5. The Balaban J connectivity index is 1.51. The molecule has 214 valence electrons. The molecule has 0 unspecified atom stereocenters. The minimum atomic E-state index is -2.71. The molecule has 3 heterocycles. The Labute approximate surface area is 247 Å². The van der Waals surface area contributed by atoms with Crippen LogP contribution >= 0.6 is 0 Å². The quantitative estimate of drug-likeness (QED) is 0.323. The topological polar surface area (TPSA) is 95.1 Å². The van der Waals surface area contributed by atoms with Gasteiger partial charge in [-0.2, -0.15) is 0 Å². The molecule has 0 atom stereocenters. The standard InChI is InChI=1S/C33H32N4O5/c1-19-14-20(2)30(21(3)15-19)34-29-18-26-25-17-28(42-5)27(41-4)16-22(25)10-11-35(26)33(40)36(29)12-13-37-31(38)23-8-6-7-9-24(23)32(37)39/h6-9,14-18H,10-13H2,1-5H3/i5D3. The van der Waals surface area contributed by atoms with Gasteiger partial charge in [-0.15, -0.1) is 0 Å². The van der Waals surface area contributed by atoms with Crippen molar-refractivity contribution >= 4 is 17.5 Å². The van der Waals surface area contributed by atoms with Crippen LogP contribution in [0.4, 0.5) is 5.69 Å². The fourth-order valence-corrected chi connectivity index (χ4v) is 5.99. The van der Waals surface area contributed by atoms with Crippen molar-refractivity contribution in [2.75, 3.05) is 20.7 Å². The third-order valence-electron chi connectivity index (χ3n) is 7.96. The van der Waals surface area contributed by atoms with E-state index in [9.17, 15) is 14.4 Å². The van der Waals surface area contributed by atoms with Crippen LogP contribution in [-0.4, -0.2) is 46.5 Å². The number of carbonyl (C=O) groups is 2. The first-order chi connectivity index (χ1) is 21.4. The minimum Gasteiger partial charge on any atom is -0.493 e. The van der Waals surface area contributed by atoms with Crippen LogP contribution < -0.4 is 20.7 Å². The Hall–Kier alpha value is -4.92. The maximum atomic E-state index is 14.2. The number of hydrogen-bond donors (Lipinski definition) is 0. The number of carbonyl (C=O) groups excluding carboxylic acids is 2. The lowest BCUT2D eigenvalue weighted by Gasteiger charge is -2.25. The molecule has 4 aromatic rings. The summed E-state index contributed by atoms with van der Waals surface area (Å²) in [6, 6.07) is 15.8. The van der Waals surface area contributed by atoms with Crippen LogP contribution in [0.5, 0.6) is 11.5 Å². The number of hydrogen-bond acceptors (Lipinski definition) is 6. The predicted molar refractivity (Wildman–Crippen MR) is 159 cm³/mol. The zero-order valence-corrected chi connectivity index (χ0v) is 23.9. The molecular formula is C33H32N4O5. The second-order valence-corrected chi connectivity index (χ2v) is 10.7. The van der Waals surface area contributed by atoms with Gasteiger partial charge in [-0.05, 0) is 68.1 Å². The van der Waals surface area contributed by atoms with Gasteiger partial charge < -0.3 is 9.47 Å². The van der Waals surface area contributed by atoms with E-state index in [4.69, 9.17) is 18.6 Å². The van der Waals surface area contributed by atoms with Crippen molar-refractivity contribution in [1.82, 2.24) is 14.0 Å². The van der Waals surface area contributed by atoms with Crippen molar-refractivity contribution in [3.8, 4) is 22.8 Å². The van der Waals surface area contributed by atoms with Gasteiger partial charge in [0.05, 0.1) is 40.8 Å². The van der Waals surface area contributed by atoms with E-state index in [1.807, 2.05) is 32.9 Å². The largest absolute Gasteiger partial charge is 0.493 e. The van der Waals surface area contributed by atoms with Gasteiger partial charge in [0.15, 0.2) is 11.5 Å². The van der Waals surface area contributed by atoms with E-state index in [1.165, 1.54) is 11.7 Å². The highest BCUT2D eigenvalue weighted by molar-refractivity contribution is 6.21. The average molecular weight is 568 g/mol. The molecule has 9 heteroatoms. The van der Waals surface area contributed by atoms with Crippen LogP contribution in [0.15, 0.2) is 64.4 Å². The number of benzene rings is 3. The van der Waals surface area contributed by atoms with Crippen LogP contribution in [0.2, 0.25) is 0 Å². The van der Waals surface area contributed by atoms with Gasteiger partial charge >= 0.3 is 5.69 Å². The molecule has 0 spiro atoms. The Morgan fingerprint density at radius 2 is 1.52 bits per heavy atom. The van der Waals surface area contributed by atoms with Gasteiger partial charge in [0.1, 0.15) is 5.49 Å². The number of aryl methyl sites for hydroxylation is 4. The molecule has 6 rings (SSSR count). The molecule has 2 aliphatic rings. The monoisotopic (exact) mass is 567 g/mol. The van der Waals surface area contributed by atoms with E-state index in [0.29, 0.717) is 46.5 Å². The van der Waals surface area contributed by atoms with Crippen LogP contribution in [0.3, 0.4) is 0 Å². The molecule has 0 fully saturated rings. The van der Waals surface area contributed by atoms with Gasteiger partial charge in [-0.3, -0.25) is 23.6 Å². The molecule has 9 nitrogen and oxygen atoms in total. The molecular weight excluding hydrogens is 532 g/mol. The van der Waals surface area contributed by atoms with Gasteiger partial charge in [0.25, 0.3) is 11.8 Å². The predicted octanol–water partition coefficient (Wildman–Crippen LogP) is 4.34. The Bertz CT molecular complexity index is 1970. The molecule has 0 radical (unpaired) electrons. The maximum absolute atomic E-state index is 14.2. The number of methoxy groups -OCH3 is 2. The highest BCUT2D eigenvalue weighted by Gasteiger charge is 2.35. The second kappa shape index (κ2) is 10.5. The first-order valence-corrected chi connectivity index (χ1v) is 13.7. The zero-order chi connectivity index (χ0) is 32.2. The smallest absolute Gasteiger partial charge is 0.330 e. The summed E-state index contributed by atoms with van der Waals surface area (Å²) in [7, 11) is -1.27. The van der Waals surface area contributed by atoms with Crippen LogP contribution in [0.25, 0.3) is 11.3 Å². The number of imide groups is 1. The fraction of sp³-hybridized carbons (Fsp3) is 0.273. The van der Waals surface area contributed by atoms with E-state index >= 15 is 0 Å². The van der Waals surface area contributed by atoms with Crippen molar-refractivity contribution in [3.05, 3.63) is 104 Å². The van der Waals surface area contributed by atoms with Crippen LogP contribution in [-0.2, 0) is 19.5 Å². The summed E-state index contributed by atoms with van der Waals surface area (Å²) in [5.41, 5.74) is 6.31. The SMILES string of the molecule is [2H]C([2H])([2H])Oc1cc2c(cc1OC)CCn1c-2cc(=Nc2c(C)cc(C)cc2C)n(CCN2C(=O)c3ccccc3C2=O)c1=O.